The zero-order valence-corrected chi connectivity index (χ0v) is 45.4. The molecule has 0 radical (unpaired) electrons. The van der Waals surface area contributed by atoms with E-state index in [4.69, 9.17) is 42.6 Å². The van der Waals surface area contributed by atoms with E-state index in [1.807, 2.05) is 30.3 Å². The SMILES string of the molecule is C=CC(=O)OCCCCCCOc1ccc(OC(=O)C2CCC(C(=O)OCC(COC(=O)C3CCC(C(=O)Oc4ccc(OCCCCCCOC(=O)C=C)cc4)CC3)OC(=O)c3ccc(C#Cc4ccccc4)cc3)CC2)cc1. The Morgan fingerprint density at radius 3 is 1.19 bits per heavy atom. The van der Waals surface area contributed by atoms with Crippen molar-refractivity contribution in [1.82, 2.24) is 0 Å². The smallest absolute Gasteiger partial charge is 0.338 e. The molecule has 0 spiro atoms. The number of carbonyl (C=O) groups is 7. The summed E-state index contributed by atoms with van der Waals surface area (Å²) in [4.78, 5) is 89.0. The molecule has 0 amide bonds. The molecule has 6 rings (SSSR count). The highest BCUT2D eigenvalue weighted by Crippen LogP contribution is 2.33. The molecule has 0 saturated heterocycles. The van der Waals surface area contributed by atoms with Crippen LogP contribution in [-0.4, -0.2) is 87.5 Å². The van der Waals surface area contributed by atoms with Crippen molar-refractivity contribution in [1.29, 1.82) is 0 Å². The monoisotopic (exact) mass is 1100 g/mol. The molecule has 0 bridgehead atoms. The largest absolute Gasteiger partial charge is 0.494 e. The molecule has 0 atom stereocenters. The second-order valence-corrected chi connectivity index (χ2v) is 19.6. The summed E-state index contributed by atoms with van der Waals surface area (Å²) in [5, 5.41) is 0. The van der Waals surface area contributed by atoms with Gasteiger partial charge in [0.05, 0.1) is 55.7 Å². The maximum Gasteiger partial charge on any atom is 0.338 e. The van der Waals surface area contributed by atoms with E-state index in [2.05, 4.69) is 25.0 Å². The Bertz CT molecular complexity index is 2560. The molecule has 16 nitrogen and oxygen atoms in total. The predicted molar refractivity (Wildman–Crippen MR) is 295 cm³/mol. The molecule has 2 aliphatic rings. The molecule has 0 heterocycles. The summed E-state index contributed by atoms with van der Waals surface area (Å²) in [5.41, 5.74) is 1.74. The minimum atomic E-state index is -1.14. The number of carbonyl (C=O) groups excluding carboxylic acids is 7. The average molecular weight is 1100 g/mol. The van der Waals surface area contributed by atoms with Crippen LogP contribution in [0.2, 0.25) is 0 Å². The molecule has 0 aliphatic heterocycles. The normalized spacial score (nSPS) is 16.9. The van der Waals surface area contributed by atoms with Crippen molar-refractivity contribution in [3.63, 3.8) is 0 Å². The zero-order valence-electron chi connectivity index (χ0n) is 45.4. The third kappa shape index (κ3) is 21.9. The van der Waals surface area contributed by atoms with Crippen molar-refractivity contribution in [2.24, 2.45) is 23.7 Å². The fourth-order valence-corrected chi connectivity index (χ4v) is 8.97. The Morgan fingerprint density at radius 2 is 0.787 bits per heavy atom. The maximum atomic E-state index is 13.5. The second-order valence-electron chi connectivity index (χ2n) is 19.6. The fourth-order valence-electron chi connectivity index (χ4n) is 8.97. The maximum absolute atomic E-state index is 13.5. The lowest BCUT2D eigenvalue weighted by Gasteiger charge is -2.27. The van der Waals surface area contributed by atoms with E-state index in [0.717, 1.165) is 69.1 Å². The van der Waals surface area contributed by atoms with E-state index in [-0.39, 0.29) is 30.7 Å². The van der Waals surface area contributed by atoms with Gasteiger partial charge in [-0.15, -0.1) is 0 Å². The summed E-state index contributed by atoms with van der Waals surface area (Å²) in [5.74, 6) is 2.99. The van der Waals surface area contributed by atoms with Gasteiger partial charge in [0.15, 0.2) is 6.10 Å². The van der Waals surface area contributed by atoms with E-state index >= 15 is 0 Å². The Hall–Kier alpha value is -8.19. The quantitative estimate of drug-likeness (QED) is 0.0119. The molecule has 2 fully saturated rings. The molecule has 80 heavy (non-hydrogen) atoms. The first-order valence-corrected chi connectivity index (χ1v) is 27.6. The molecular weight excluding hydrogens is 1020 g/mol. The Kier molecular flexibility index (Phi) is 25.9. The van der Waals surface area contributed by atoms with Gasteiger partial charge in [-0.1, -0.05) is 43.2 Å². The second kappa shape index (κ2) is 34.0. The minimum absolute atomic E-state index is 0.220. The van der Waals surface area contributed by atoms with Crippen LogP contribution in [-0.2, 0) is 52.5 Å². The molecule has 0 N–H and O–H groups in total. The molecule has 424 valence electrons. The van der Waals surface area contributed by atoms with Crippen LogP contribution in [0.1, 0.15) is 124 Å². The molecule has 16 heteroatoms. The van der Waals surface area contributed by atoms with Crippen LogP contribution in [0.25, 0.3) is 0 Å². The number of hydrogen-bond acceptors (Lipinski definition) is 16. The Labute approximate surface area is 468 Å². The van der Waals surface area contributed by atoms with Gasteiger partial charge in [-0.05, 0) is 188 Å². The van der Waals surface area contributed by atoms with E-state index in [0.29, 0.717) is 106 Å². The molecule has 4 aromatic carbocycles. The standard InChI is InChI=1S/C64H72O16/c1-3-58(65)74-42-14-7-5-12-40-72-53-32-36-55(37-33-53)78-62(69)51-28-24-48(25-29-51)60(67)76-44-57(80-64(71)50-22-20-47(21-23-50)19-18-46-16-10-9-11-17-46)45-77-61(68)49-26-30-52(31-27-49)63(70)79-56-38-34-54(35-39-56)73-41-13-6-8-15-43-75-59(66)4-2/h3-4,9-11,16-17,20-23,32-39,48-49,51-52,57H,1-2,5-8,12-15,24-31,40-45H2. The summed E-state index contributed by atoms with van der Waals surface area (Å²) in [6.45, 7) is 7.76. The van der Waals surface area contributed by atoms with Crippen LogP contribution in [0.15, 0.2) is 128 Å². The van der Waals surface area contributed by atoms with Gasteiger partial charge < -0.3 is 42.6 Å². The first kappa shape index (κ1) is 61.0. The average Bonchev–Trinajstić information content (AvgIpc) is 3.49. The van der Waals surface area contributed by atoms with Gasteiger partial charge in [-0.2, -0.15) is 0 Å². The molecule has 2 saturated carbocycles. The number of ether oxygens (including phenoxy) is 9. The lowest BCUT2D eigenvalue weighted by Crippen LogP contribution is -2.35. The van der Waals surface area contributed by atoms with E-state index in [9.17, 15) is 33.6 Å². The minimum Gasteiger partial charge on any atom is -0.494 e. The summed E-state index contributed by atoms with van der Waals surface area (Å²) in [6, 6.07) is 29.7. The third-order valence-corrected chi connectivity index (χ3v) is 13.7. The first-order valence-electron chi connectivity index (χ1n) is 27.6. The summed E-state index contributed by atoms with van der Waals surface area (Å²) < 4.78 is 50.2. The highest BCUT2D eigenvalue weighted by Gasteiger charge is 2.35. The topological polar surface area (TPSA) is 203 Å². The van der Waals surface area contributed by atoms with E-state index in [1.165, 1.54) is 0 Å². The lowest BCUT2D eigenvalue weighted by atomic mass is 9.82. The van der Waals surface area contributed by atoms with Crippen LogP contribution >= 0.6 is 0 Å². The van der Waals surface area contributed by atoms with Crippen LogP contribution < -0.4 is 18.9 Å². The number of hydrogen-bond donors (Lipinski definition) is 0. The van der Waals surface area contributed by atoms with Crippen molar-refractivity contribution in [2.75, 3.05) is 39.6 Å². The highest BCUT2D eigenvalue weighted by molar-refractivity contribution is 5.89. The van der Waals surface area contributed by atoms with Crippen LogP contribution in [0.5, 0.6) is 23.0 Å². The summed E-state index contributed by atoms with van der Waals surface area (Å²) in [6.07, 6.45) is 11.1. The van der Waals surface area contributed by atoms with E-state index in [1.54, 1.807) is 72.8 Å². The van der Waals surface area contributed by atoms with E-state index < -0.39 is 59.6 Å². The highest BCUT2D eigenvalue weighted by atomic mass is 16.6. The van der Waals surface area contributed by atoms with Gasteiger partial charge in [-0.3, -0.25) is 19.2 Å². The molecule has 0 unspecified atom stereocenters. The third-order valence-electron chi connectivity index (χ3n) is 13.7. The van der Waals surface area contributed by atoms with Crippen molar-refractivity contribution < 1.29 is 76.2 Å². The summed E-state index contributed by atoms with van der Waals surface area (Å²) in [7, 11) is 0. The lowest BCUT2D eigenvalue weighted by molar-refractivity contribution is -0.160. The van der Waals surface area contributed by atoms with Gasteiger partial charge in [0, 0.05) is 23.3 Å². The van der Waals surface area contributed by atoms with Crippen molar-refractivity contribution in [2.45, 2.75) is 109 Å². The van der Waals surface area contributed by atoms with Crippen molar-refractivity contribution in [3.05, 3.63) is 145 Å². The van der Waals surface area contributed by atoms with Gasteiger partial charge in [0.1, 0.15) is 36.2 Å². The zero-order chi connectivity index (χ0) is 56.7. The van der Waals surface area contributed by atoms with Crippen molar-refractivity contribution >= 4 is 41.8 Å². The van der Waals surface area contributed by atoms with Gasteiger partial charge in [0.2, 0.25) is 0 Å². The van der Waals surface area contributed by atoms with Gasteiger partial charge in [-0.25, -0.2) is 14.4 Å². The Morgan fingerprint density at radius 1 is 0.425 bits per heavy atom. The number of rotatable bonds is 30. The Balaban J connectivity index is 0.927. The fraction of sp³-hybridized carbons (Fsp3) is 0.422. The molecule has 2 aliphatic carbocycles. The molecular formula is C64H72O16. The number of esters is 7. The molecule has 0 aromatic heterocycles. The molecule has 4 aromatic rings. The van der Waals surface area contributed by atoms with Crippen molar-refractivity contribution in [3.8, 4) is 34.8 Å². The number of benzene rings is 4. The van der Waals surface area contributed by atoms with Gasteiger partial charge >= 0.3 is 41.8 Å². The predicted octanol–water partition coefficient (Wildman–Crippen LogP) is 10.9. The van der Waals surface area contributed by atoms with Crippen LogP contribution in [0.4, 0.5) is 0 Å². The van der Waals surface area contributed by atoms with Crippen LogP contribution in [0, 0.1) is 35.5 Å². The number of unbranched alkanes of at least 4 members (excludes halogenated alkanes) is 6. The van der Waals surface area contributed by atoms with Gasteiger partial charge in [0.25, 0.3) is 0 Å². The first-order chi connectivity index (χ1) is 39.0. The van der Waals surface area contributed by atoms with Crippen LogP contribution in [0.3, 0.4) is 0 Å². The summed E-state index contributed by atoms with van der Waals surface area (Å²) >= 11 is 0.